The summed E-state index contributed by atoms with van der Waals surface area (Å²) in [5, 5.41) is 10.3. The second-order valence-corrected chi connectivity index (χ2v) is 6.77. The zero-order chi connectivity index (χ0) is 16.4. The van der Waals surface area contributed by atoms with Gasteiger partial charge in [-0.3, -0.25) is 5.10 Å². The van der Waals surface area contributed by atoms with Crippen LogP contribution >= 0.6 is 0 Å². The molecule has 1 saturated heterocycles. The molecule has 2 N–H and O–H groups in total. The van der Waals surface area contributed by atoms with Gasteiger partial charge >= 0.3 is 6.09 Å². The molecule has 1 aliphatic rings. The highest BCUT2D eigenvalue weighted by Gasteiger charge is 2.33. The van der Waals surface area contributed by atoms with E-state index in [2.05, 4.69) is 15.5 Å². The van der Waals surface area contributed by atoms with Crippen molar-refractivity contribution in [3.63, 3.8) is 0 Å². The largest absolute Gasteiger partial charge is 0.444 e. The van der Waals surface area contributed by atoms with Crippen LogP contribution in [0, 0.1) is 0 Å². The van der Waals surface area contributed by atoms with Gasteiger partial charge in [-0.15, -0.1) is 0 Å². The molecular formula is C17H22N4O2. The normalized spacial score (nSPS) is 15.2. The predicted octanol–water partition coefficient (Wildman–Crippen LogP) is 3.11. The Morgan fingerprint density at radius 2 is 1.96 bits per heavy atom. The van der Waals surface area contributed by atoms with Crippen molar-refractivity contribution in [2.24, 2.45) is 0 Å². The average Bonchev–Trinajstić information content (AvgIpc) is 2.95. The first-order chi connectivity index (χ1) is 10.9. The van der Waals surface area contributed by atoms with Crippen LogP contribution < -0.4 is 5.32 Å². The number of ether oxygens (including phenoxy) is 1. The Labute approximate surface area is 135 Å². The molecule has 0 bridgehead atoms. The molecule has 3 rings (SSSR count). The lowest BCUT2D eigenvalue weighted by Gasteiger charge is -2.40. The number of aromatic nitrogens is 2. The molecule has 1 aliphatic heterocycles. The minimum absolute atomic E-state index is 0.245. The van der Waals surface area contributed by atoms with Crippen molar-refractivity contribution in [2.45, 2.75) is 32.4 Å². The van der Waals surface area contributed by atoms with Crippen LogP contribution in [0.25, 0.3) is 11.3 Å². The summed E-state index contributed by atoms with van der Waals surface area (Å²) < 4.78 is 5.35. The van der Waals surface area contributed by atoms with E-state index in [1.165, 1.54) is 0 Å². The number of nitrogens with zero attached hydrogens (tertiary/aromatic N) is 2. The van der Waals surface area contributed by atoms with Gasteiger partial charge in [-0.05, 0) is 44.5 Å². The third-order valence-corrected chi connectivity index (χ3v) is 3.60. The average molecular weight is 314 g/mol. The fourth-order valence-corrected chi connectivity index (χ4v) is 2.44. The molecule has 0 radical (unpaired) electrons. The molecule has 0 aliphatic carbocycles. The number of nitrogens with one attached hydrogen (secondary N) is 2. The van der Waals surface area contributed by atoms with E-state index >= 15 is 0 Å². The maximum atomic E-state index is 11.9. The minimum Gasteiger partial charge on any atom is -0.444 e. The number of H-pyrrole nitrogens is 1. The number of hydrogen-bond acceptors (Lipinski definition) is 4. The summed E-state index contributed by atoms with van der Waals surface area (Å²) in [7, 11) is 0. The van der Waals surface area contributed by atoms with Gasteiger partial charge in [0.15, 0.2) is 0 Å². The molecule has 122 valence electrons. The van der Waals surface area contributed by atoms with Crippen LogP contribution in [0.4, 0.5) is 10.5 Å². The Kier molecular flexibility index (Phi) is 3.98. The Balaban J connectivity index is 1.49. The first-order valence-corrected chi connectivity index (χ1v) is 7.75. The van der Waals surface area contributed by atoms with E-state index in [1.54, 1.807) is 11.1 Å². The monoisotopic (exact) mass is 314 g/mol. The van der Waals surface area contributed by atoms with E-state index < -0.39 is 5.60 Å². The first-order valence-electron chi connectivity index (χ1n) is 7.75. The molecule has 6 heteroatoms. The van der Waals surface area contributed by atoms with Crippen molar-refractivity contribution in [3.05, 3.63) is 36.5 Å². The lowest BCUT2D eigenvalue weighted by molar-refractivity contribution is 0.0105. The molecule has 1 fully saturated rings. The Morgan fingerprint density at radius 3 is 2.52 bits per heavy atom. The summed E-state index contributed by atoms with van der Waals surface area (Å²) >= 11 is 0. The summed E-state index contributed by atoms with van der Waals surface area (Å²) in [6.45, 7) is 6.96. The minimum atomic E-state index is -0.446. The smallest absolute Gasteiger partial charge is 0.410 e. The van der Waals surface area contributed by atoms with Gasteiger partial charge < -0.3 is 15.0 Å². The van der Waals surface area contributed by atoms with E-state index in [0.29, 0.717) is 13.1 Å². The highest BCUT2D eigenvalue weighted by molar-refractivity contribution is 5.70. The van der Waals surface area contributed by atoms with Crippen LogP contribution in [0.15, 0.2) is 36.5 Å². The van der Waals surface area contributed by atoms with E-state index in [4.69, 9.17) is 4.74 Å². The number of benzene rings is 1. The predicted molar refractivity (Wildman–Crippen MR) is 89.2 cm³/mol. The molecule has 0 saturated carbocycles. The van der Waals surface area contributed by atoms with Crippen LogP contribution in [-0.4, -0.2) is 45.9 Å². The van der Waals surface area contributed by atoms with Crippen molar-refractivity contribution in [1.29, 1.82) is 0 Å². The second-order valence-electron chi connectivity index (χ2n) is 6.77. The van der Waals surface area contributed by atoms with Gasteiger partial charge in [0.2, 0.25) is 0 Å². The fraction of sp³-hybridized carbons (Fsp3) is 0.412. The summed E-state index contributed by atoms with van der Waals surface area (Å²) in [4.78, 5) is 13.6. The number of rotatable bonds is 3. The number of aromatic amines is 1. The highest BCUT2D eigenvalue weighted by atomic mass is 16.6. The van der Waals surface area contributed by atoms with Crippen molar-refractivity contribution >= 4 is 11.8 Å². The lowest BCUT2D eigenvalue weighted by atomic mass is 10.1. The standard InChI is InChI=1S/C17H22N4O2/c1-17(2,3)23-16(22)21-10-14(11-21)19-13-6-4-12(5-7-13)15-8-9-18-20-15/h4-9,14,19H,10-11H2,1-3H3,(H,18,20). The Hall–Kier alpha value is -2.50. The third-order valence-electron chi connectivity index (χ3n) is 3.60. The molecular weight excluding hydrogens is 292 g/mol. The molecule has 23 heavy (non-hydrogen) atoms. The summed E-state index contributed by atoms with van der Waals surface area (Å²) in [5.74, 6) is 0. The number of anilines is 1. The highest BCUT2D eigenvalue weighted by Crippen LogP contribution is 2.22. The van der Waals surface area contributed by atoms with E-state index in [-0.39, 0.29) is 12.1 Å². The summed E-state index contributed by atoms with van der Waals surface area (Å²) in [5.41, 5.74) is 2.69. The molecule has 0 unspecified atom stereocenters. The van der Waals surface area contributed by atoms with E-state index in [9.17, 15) is 4.79 Å². The SMILES string of the molecule is CC(C)(C)OC(=O)N1CC(Nc2ccc(-c3ccn[nH]3)cc2)C1. The third kappa shape index (κ3) is 3.83. The van der Waals surface area contributed by atoms with Crippen LogP contribution in [-0.2, 0) is 4.74 Å². The first kappa shape index (κ1) is 15.4. The van der Waals surface area contributed by atoms with Crippen molar-refractivity contribution < 1.29 is 9.53 Å². The maximum Gasteiger partial charge on any atom is 0.410 e. The van der Waals surface area contributed by atoms with E-state index in [0.717, 1.165) is 16.9 Å². The Bertz CT molecular complexity index is 653. The second kappa shape index (κ2) is 5.95. The van der Waals surface area contributed by atoms with Crippen LogP contribution in [0.5, 0.6) is 0 Å². The number of hydrogen-bond donors (Lipinski definition) is 2. The van der Waals surface area contributed by atoms with Gasteiger partial charge in [0.05, 0.1) is 11.7 Å². The summed E-state index contributed by atoms with van der Waals surface area (Å²) in [6, 6.07) is 10.4. The lowest BCUT2D eigenvalue weighted by Crippen LogP contribution is -2.57. The zero-order valence-electron chi connectivity index (χ0n) is 13.7. The number of likely N-dealkylation sites (tertiary alicyclic amines) is 1. The van der Waals surface area contributed by atoms with Crippen molar-refractivity contribution in [3.8, 4) is 11.3 Å². The molecule has 1 amide bonds. The topological polar surface area (TPSA) is 70.2 Å². The molecule has 1 aromatic carbocycles. The summed E-state index contributed by atoms with van der Waals surface area (Å²) in [6.07, 6.45) is 1.49. The van der Waals surface area contributed by atoms with Gasteiger partial charge in [0, 0.05) is 25.0 Å². The molecule has 1 aromatic heterocycles. The molecule has 0 atom stereocenters. The van der Waals surface area contributed by atoms with Crippen LogP contribution in [0.1, 0.15) is 20.8 Å². The fourth-order valence-electron chi connectivity index (χ4n) is 2.44. The van der Waals surface area contributed by atoms with Crippen LogP contribution in [0.2, 0.25) is 0 Å². The van der Waals surface area contributed by atoms with E-state index in [1.807, 2.05) is 51.1 Å². The number of carbonyl (C=O) groups is 1. The number of amides is 1. The van der Waals surface area contributed by atoms with Crippen molar-refractivity contribution in [1.82, 2.24) is 15.1 Å². The van der Waals surface area contributed by atoms with Gasteiger partial charge in [-0.2, -0.15) is 5.10 Å². The van der Waals surface area contributed by atoms with Gasteiger partial charge in [-0.25, -0.2) is 4.79 Å². The van der Waals surface area contributed by atoms with Gasteiger partial charge in [0.25, 0.3) is 0 Å². The van der Waals surface area contributed by atoms with Gasteiger partial charge in [0.1, 0.15) is 5.60 Å². The quantitative estimate of drug-likeness (QED) is 0.913. The van der Waals surface area contributed by atoms with Gasteiger partial charge in [-0.1, -0.05) is 12.1 Å². The molecule has 0 spiro atoms. The molecule has 2 aromatic rings. The van der Waals surface area contributed by atoms with Crippen molar-refractivity contribution in [2.75, 3.05) is 18.4 Å². The Morgan fingerprint density at radius 1 is 1.26 bits per heavy atom. The maximum absolute atomic E-state index is 11.9. The molecule has 6 nitrogen and oxygen atoms in total. The number of carbonyl (C=O) groups excluding carboxylic acids is 1. The zero-order valence-corrected chi connectivity index (χ0v) is 13.7. The molecule has 2 heterocycles. The van der Waals surface area contributed by atoms with Crippen LogP contribution in [0.3, 0.4) is 0 Å².